The Hall–Kier alpha value is -1.02. The zero-order chi connectivity index (χ0) is 10.3. The molecule has 0 aromatic heterocycles. The van der Waals surface area contributed by atoms with E-state index in [0.717, 1.165) is 17.7 Å². The number of aliphatic hydroxyl groups is 1. The summed E-state index contributed by atoms with van der Waals surface area (Å²) in [5.74, 6) is 0.882. The maximum absolute atomic E-state index is 9.96. The molecule has 2 nitrogen and oxygen atoms in total. The van der Waals surface area contributed by atoms with E-state index in [1.165, 1.54) is 5.56 Å². The van der Waals surface area contributed by atoms with E-state index in [1.807, 2.05) is 19.1 Å². The molecule has 0 bridgehead atoms. The van der Waals surface area contributed by atoms with Gasteiger partial charge in [0.05, 0.1) is 5.60 Å². The summed E-state index contributed by atoms with van der Waals surface area (Å²) in [6.45, 7) is 5.62. The fourth-order valence-electron chi connectivity index (χ4n) is 1.92. The fraction of sp³-hybridized carbons (Fsp3) is 0.500. The fourth-order valence-corrected chi connectivity index (χ4v) is 1.92. The molecule has 0 amide bonds. The number of benzene rings is 1. The molecule has 1 aromatic carbocycles. The van der Waals surface area contributed by atoms with Crippen molar-refractivity contribution in [1.82, 2.24) is 0 Å². The van der Waals surface area contributed by atoms with Gasteiger partial charge in [-0.15, -0.1) is 0 Å². The molecule has 0 fully saturated rings. The molecule has 1 N–H and O–H groups in total. The van der Waals surface area contributed by atoms with Gasteiger partial charge in [0.2, 0.25) is 0 Å². The van der Waals surface area contributed by atoms with Crippen LogP contribution in [0.15, 0.2) is 18.2 Å². The highest BCUT2D eigenvalue weighted by molar-refractivity contribution is 5.46. The number of fused-ring (bicyclic) bond motifs is 1. The van der Waals surface area contributed by atoms with Crippen LogP contribution in [0.25, 0.3) is 0 Å². The molecule has 1 atom stereocenters. The van der Waals surface area contributed by atoms with E-state index in [1.54, 1.807) is 13.8 Å². The Morgan fingerprint density at radius 2 is 2.14 bits per heavy atom. The number of para-hydroxylation sites is 1. The van der Waals surface area contributed by atoms with Crippen molar-refractivity contribution in [3.8, 4) is 5.75 Å². The molecule has 0 saturated carbocycles. The van der Waals surface area contributed by atoms with Crippen LogP contribution < -0.4 is 4.74 Å². The van der Waals surface area contributed by atoms with Crippen molar-refractivity contribution in [1.29, 1.82) is 0 Å². The summed E-state index contributed by atoms with van der Waals surface area (Å²) in [4.78, 5) is 0. The zero-order valence-corrected chi connectivity index (χ0v) is 8.87. The van der Waals surface area contributed by atoms with Crippen molar-refractivity contribution in [2.45, 2.75) is 38.9 Å². The topological polar surface area (TPSA) is 29.5 Å². The Bertz CT molecular complexity index is 350. The second-order valence-electron chi connectivity index (χ2n) is 4.49. The molecule has 1 aliphatic heterocycles. The Labute approximate surface area is 84.5 Å². The van der Waals surface area contributed by atoms with E-state index in [9.17, 15) is 5.11 Å². The predicted molar refractivity (Wildman–Crippen MR) is 55.5 cm³/mol. The van der Waals surface area contributed by atoms with Gasteiger partial charge in [-0.05, 0) is 26.3 Å². The van der Waals surface area contributed by atoms with E-state index in [2.05, 4.69) is 6.07 Å². The minimum absolute atomic E-state index is 0.230. The third kappa shape index (κ3) is 1.50. The van der Waals surface area contributed by atoms with Gasteiger partial charge in [-0.25, -0.2) is 0 Å². The quantitative estimate of drug-likeness (QED) is 0.739. The molecule has 1 heterocycles. The average Bonchev–Trinajstić information content (AvgIpc) is 2.41. The number of rotatable bonds is 1. The standard InChI is InChI=1S/C12H16O2/c1-8-7-9-5-4-6-10(11(9)14-8)12(2,3)13/h4-6,8,13H,7H2,1-3H3. The summed E-state index contributed by atoms with van der Waals surface area (Å²) < 4.78 is 5.70. The van der Waals surface area contributed by atoms with E-state index in [4.69, 9.17) is 4.74 Å². The van der Waals surface area contributed by atoms with Gasteiger partial charge < -0.3 is 9.84 Å². The largest absolute Gasteiger partial charge is 0.490 e. The lowest BCUT2D eigenvalue weighted by Gasteiger charge is -2.20. The van der Waals surface area contributed by atoms with Gasteiger partial charge in [0, 0.05) is 12.0 Å². The van der Waals surface area contributed by atoms with E-state index >= 15 is 0 Å². The Morgan fingerprint density at radius 3 is 2.79 bits per heavy atom. The van der Waals surface area contributed by atoms with Gasteiger partial charge in [0.15, 0.2) is 0 Å². The molecule has 1 aliphatic rings. The van der Waals surface area contributed by atoms with Crippen molar-refractivity contribution < 1.29 is 9.84 Å². The normalized spacial score (nSPS) is 20.4. The number of ether oxygens (including phenoxy) is 1. The first-order valence-electron chi connectivity index (χ1n) is 5.00. The van der Waals surface area contributed by atoms with Gasteiger partial charge in [-0.1, -0.05) is 18.2 Å². The van der Waals surface area contributed by atoms with Crippen LogP contribution in [0.3, 0.4) is 0 Å². The van der Waals surface area contributed by atoms with Crippen LogP contribution >= 0.6 is 0 Å². The molecule has 2 rings (SSSR count). The van der Waals surface area contributed by atoms with Crippen LogP contribution in [0.1, 0.15) is 31.9 Å². The predicted octanol–water partition coefficient (Wildman–Crippen LogP) is 2.24. The SMILES string of the molecule is CC1Cc2cccc(C(C)(C)O)c2O1. The monoisotopic (exact) mass is 192 g/mol. The first-order chi connectivity index (χ1) is 6.48. The van der Waals surface area contributed by atoms with Crippen LogP contribution in [0.4, 0.5) is 0 Å². The summed E-state index contributed by atoms with van der Waals surface area (Å²) in [5, 5.41) is 9.96. The molecule has 0 saturated heterocycles. The third-order valence-corrected chi connectivity index (χ3v) is 2.58. The highest BCUT2D eigenvalue weighted by Crippen LogP contribution is 2.37. The molecule has 1 unspecified atom stereocenters. The van der Waals surface area contributed by atoms with Crippen LogP contribution in [0.2, 0.25) is 0 Å². The molecule has 0 aliphatic carbocycles. The van der Waals surface area contributed by atoms with Gasteiger partial charge in [0.25, 0.3) is 0 Å². The second-order valence-corrected chi connectivity index (χ2v) is 4.49. The van der Waals surface area contributed by atoms with E-state index in [0.29, 0.717) is 0 Å². The van der Waals surface area contributed by atoms with Crippen molar-refractivity contribution in [2.24, 2.45) is 0 Å². The zero-order valence-electron chi connectivity index (χ0n) is 8.87. The molecular weight excluding hydrogens is 176 g/mol. The first-order valence-corrected chi connectivity index (χ1v) is 5.00. The summed E-state index contributed by atoms with van der Waals surface area (Å²) in [5.41, 5.74) is 1.27. The average molecular weight is 192 g/mol. The maximum atomic E-state index is 9.96. The first kappa shape index (κ1) is 9.53. The lowest BCUT2D eigenvalue weighted by atomic mass is 9.95. The van der Waals surface area contributed by atoms with Crippen molar-refractivity contribution in [2.75, 3.05) is 0 Å². The van der Waals surface area contributed by atoms with Crippen LogP contribution in [-0.4, -0.2) is 11.2 Å². The summed E-state index contributed by atoms with van der Waals surface area (Å²) in [7, 11) is 0. The molecule has 1 aromatic rings. The summed E-state index contributed by atoms with van der Waals surface area (Å²) >= 11 is 0. The maximum Gasteiger partial charge on any atom is 0.129 e. The molecular formula is C12H16O2. The number of hydrogen-bond donors (Lipinski definition) is 1. The summed E-state index contributed by atoms with van der Waals surface area (Å²) in [6.07, 6.45) is 1.17. The Balaban J connectivity index is 2.50. The Morgan fingerprint density at radius 1 is 1.43 bits per heavy atom. The van der Waals surface area contributed by atoms with Crippen molar-refractivity contribution in [3.63, 3.8) is 0 Å². The van der Waals surface area contributed by atoms with Crippen LogP contribution in [-0.2, 0) is 12.0 Å². The van der Waals surface area contributed by atoms with Crippen LogP contribution in [0, 0.1) is 0 Å². The third-order valence-electron chi connectivity index (χ3n) is 2.58. The van der Waals surface area contributed by atoms with Crippen molar-refractivity contribution in [3.05, 3.63) is 29.3 Å². The number of hydrogen-bond acceptors (Lipinski definition) is 2. The van der Waals surface area contributed by atoms with Gasteiger partial charge in [-0.3, -0.25) is 0 Å². The van der Waals surface area contributed by atoms with E-state index < -0.39 is 5.60 Å². The lowest BCUT2D eigenvalue weighted by molar-refractivity contribution is 0.0742. The highest BCUT2D eigenvalue weighted by Gasteiger charge is 2.28. The Kier molecular flexibility index (Phi) is 2.04. The van der Waals surface area contributed by atoms with Gasteiger partial charge in [-0.2, -0.15) is 0 Å². The van der Waals surface area contributed by atoms with Crippen LogP contribution in [0.5, 0.6) is 5.75 Å². The molecule has 0 spiro atoms. The van der Waals surface area contributed by atoms with E-state index in [-0.39, 0.29) is 6.10 Å². The molecule has 2 heteroatoms. The smallest absolute Gasteiger partial charge is 0.129 e. The molecule has 14 heavy (non-hydrogen) atoms. The summed E-state index contributed by atoms with van der Waals surface area (Å²) in [6, 6.07) is 5.97. The highest BCUT2D eigenvalue weighted by atomic mass is 16.5. The molecule has 76 valence electrons. The molecule has 0 radical (unpaired) electrons. The minimum atomic E-state index is -0.824. The van der Waals surface area contributed by atoms with Gasteiger partial charge >= 0.3 is 0 Å². The minimum Gasteiger partial charge on any atom is -0.490 e. The lowest BCUT2D eigenvalue weighted by Crippen LogP contribution is -2.17. The second kappa shape index (κ2) is 2.99. The van der Waals surface area contributed by atoms with Crippen molar-refractivity contribution >= 4 is 0 Å². The van der Waals surface area contributed by atoms with Gasteiger partial charge in [0.1, 0.15) is 11.9 Å².